The van der Waals surface area contributed by atoms with Crippen molar-refractivity contribution in [3.8, 4) is 0 Å². The lowest BCUT2D eigenvalue weighted by Crippen LogP contribution is -2.52. The highest BCUT2D eigenvalue weighted by Crippen LogP contribution is 2.26. The lowest BCUT2D eigenvalue weighted by atomic mass is 9.87. The number of aromatic nitrogens is 3. The van der Waals surface area contributed by atoms with Gasteiger partial charge in [0.25, 0.3) is 0 Å². The maximum atomic E-state index is 12.4. The Balaban J connectivity index is 2.13. The van der Waals surface area contributed by atoms with Crippen LogP contribution >= 0.6 is 11.8 Å². The van der Waals surface area contributed by atoms with Gasteiger partial charge in [-0.2, -0.15) is 0 Å². The van der Waals surface area contributed by atoms with Gasteiger partial charge in [0.15, 0.2) is 10.7 Å². The molecule has 1 atom stereocenters. The maximum Gasteiger partial charge on any atom is 0.334 e. The largest absolute Gasteiger partial charge is 0.479 e. The van der Waals surface area contributed by atoms with Gasteiger partial charge >= 0.3 is 5.97 Å². The van der Waals surface area contributed by atoms with E-state index in [-0.39, 0.29) is 24.1 Å². The van der Waals surface area contributed by atoms with Gasteiger partial charge in [0, 0.05) is 6.04 Å². The molecule has 8 heteroatoms. The van der Waals surface area contributed by atoms with Crippen LogP contribution in [0, 0.1) is 0 Å². The highest BCUT2D eigenvalue weighted by molar-refractivity contribution is 7.99. The average Bonchev–Trinajstić information content (AvgIpc) is 3.07. The fourth-order valence-corrected chi connectivity index (χ4v) is 3.35. The van der Waals surface area contributed by atoms with E-state index < -0.39 is 11.5 Å². The molecule has 25 heavy (non-hydrogen) atoms. The number of nitrogens with zero attached hydrogens (tertiary/aromatic N) is 3. The van der Waals surface area contributed by atoms with Crippen molar-refractivity contribution in [2.45, 2.75) is 43.9 Å². The minimum atomic E-state index is -1.44. The number of rotatable bonds is 8. The van der Waals surface area contributed by atoms with Gasteiger partial charge in [-0.1, -0.05) is 49.0 Å². The minimum Gasteiger partial charge on any atom is -0.479 e. The lowest BCUT2D eigenvalue weighted by molar-refractivity contribution is -0.148. The Hall–Kier alpha value is -2.35. The number of hydrogen-bond acceptors (Lipinski definition) is 5. The summed E-state index contributed by atoms with van der Waals surface area (Å²) in [7, 11) is 0. The summed E-state index contributed by atoms with van der Waals surface area (Å²) in [5, 5.41) is 20.9. The molecule has 1 unspecified atom stereocenters. The lowest BCUT2D eigenvalue weighted by Gasteiger charge is -2.30. The average molecular weight is 362 g/mol. The van der Waals surface area contributed by atoms with E-state index in [1.54, 1.807) is 37.5 Å². The number of amides is 1. The molecule has 1 heterocycles. The van der Waals surface area contributed by atoms with Crippen LogP contribution in [0.2, 0.25) is 0 Å². The van der Waals surface area contributed by atoms with Gasteiger partial charge < -0.3 is 15.0 Å². The highest BCUT2D eigenvalue weighted by Gasteiger charge is 2.40. The molecule has 1 aromatic heterocycles. The van der Waals surface area contributed by atoms with E-state index in [0.29, 0.717) is 10.7 Å². The zero-order chi connectivity index (χ0) is 18.4. The number of thioether (sulfide) groups is 1. The van der Waals surface area contributed by atoms with E-state index >= 15 is 0 Å². The van der Waals surface area contributed by atoms with Gasteiger partial charge in [-0.3, -0.25) is 4.79 Å². The Morgan fingerprint density at radius 2 is 2.00 bits per heavy atom. The molecule has 2 N–H and O–H groups in total. The van der Waals surface area contributed by atoms with Gasteiger partial charge in [0.1, 0.15) is 6.33 Å². The van der Waals surface area contributed by atoms with Crippen LogP contribution in [0.4, 0.5) is 0 Å². The van der Waals surface area contributed by atoms with Crippen molar-refractivity contribution >= 4 is 23.6 Å². The molecule has 7 nitrogen and oxygen atoms in total. The molecule has 134 valence electrons. The first-order valence-corrected chi connectivity index (χ1v) is 9.01. The van der Waals surface area contributed by atoms with Crippen LogP contribution in [0.3, 0.4) is 0 Å². The first-order chi connectivity index (χ1) is 11.9. The summed E-state index contributed by atoms with van der Waals surface area (Å²) in [6, 6.07) is 8.92. The van der Waals surface area contributed by atoms with Gasteiger partial charge in [0.05, 0.1) is 5.75 Å². The molecule has 0 radical (unpaired) electrons. The molecule has 0 aliphatic heterocycles. The number of aliphatic carboxylic acids is 1. The molecule has 1 amide bonds. The molecule has 0 saturated heterocycles. The predicted molar refractivity (Wildman–Crippen MR) is 95.3 cm³/mol. The number of benzene rings is 1. The molecular weight excluding hydrogens is 340 g/mol. The summed E-state index contributed by atoms with van der Waals surface area (Å²) < 4.78 is 1.86. The summed E-state index contributed by atoms with van der Waals surface area (Å²) >= 11 is 1.23. The third kappa shape index (κ3) is 4.19. The zero-order valence-electron chi connectivity index (χ0n) is 14.5. The Labute approximate surface area is 150 Å². The van der Waals surface area contributed by atoms with E-state index in [9.17, 15) is 14.7 Å². The molecule has 0 spiro atoms. The second kappa shape index (κ2) is 8.15. The van der Waals surface area contributed by atoms with Crippen molar-refractivity contribution in [3.63, 3.8) is 0 Å². The van der Waals surface area contributed by atoms with E-state index in [2.05, 4.69) is 15.5 Å². The summed E-state index contributed by atoms with van der Waals surface area (Å²) in [5.41, 5.74) is -0.890. The molecule has 2 rings (SSSR count). The number of nitrogens with one attached hydrogen (secondary N) is 1. The number of carboxylic acid groups (broad SMARTS) is 1. The topological polar surface area (TPSA) is 97.1 Å². The summed E-state index contributed by atoms with van der Waals surface area (Å²) in [6.07, 6.45) is 1.85. The smallest absolute Gasteiger partial charge is 0.334 e. The molecule has 1 aromatic carbocycles. The van der Waals surface area contributed by atoms with Crippen molar-refractivity contribution in [2.75, 3.05) is 5.75 Å². The second-order valence-corrected chi connectivity index (χ2v) is 6.82. The van der Waals surface area contributed by atoms with Gasteiger partial charge in [-0.15, -0.1) is 10.2 Å². The molecular formula is C17H22N4O3S. The first-order valence-electron chi connectivity index (χ1n) is 8.03. The van der Waals surface area contributed by atoms with Gasteiger partial charge in [-0.05, 0) is 25.8 Å². The number of carbonyl (C=O) groups is 2. The van der Waals surface area contributed by atoms with Crippen molar-refractivity contribution < 1.29 is 14.7 Å². The highest BCUT2D eigenvalue weighted by atomic mass is 32.2. The number of hydrogen-bond donors (Lipinski definition) is 2. The zero-order valence-corrected chi connectivity index (χ0v) is 15.3. The van der Waals surface area contributed by atoms with Crippen LogP contribution in [-0.2, 0) is 15.1 Å². The standard InChI is InChI=1S/C17H22N4O3S/c1-4-17(15(23)24,13-8-6-5-7-9-13)19-14(22)10-25-16-20-18-11-21(16)12(2)3/h5-9,11-12H,4,10H2,1-3H3,(H,19,22)(H,23,24). The minimum absolute atomic E-state index is 0.0628. The molecule has 0 fully saturated rings. The normalized spacial score (nSPS) is 13.4. The monoisotopic (exact) mass is 362 g/mol. The van der Waals surface area contributed by atoms with Crippen LogP contribution in [0.1, 0.15) is 38.8 Å². The summed E-state index contributed by atoms with van der Waals surface area (Å²) in [5.74, 6) is -1.38. The van der Waals surface area contributed by atoms with Crippen LogP contribution in [0.5, 0.6) is 0 Å². The summed E-state index contributed by atoms with van der Waals surface area (Å²) in [4.78, 5) is 24.3. The SMILES string of the molecule is CCC(NC(=O)CSc1nncn1C(C)C)(C(=O)O)c1ccccc1. The van der Waals surface area contributed by atoms with Gasteiger partial charge in [0.2, 0.25) is 5.91 Å². The van der Waals surface area contributed by atoms with E-state index in [0.717, 1.165) is 0 Å². The van der Waals surface area contributed by atoms with Gasteiger partial charge in [-0.25, -0.2) is 4.79 Å². The maximum absolute atomic E-state index is 12.4. The van der Waals surface area contributed by atoms with Crippen LogP contribution < -0.4 is 5.32 Å². The fourth-order valence-electron chi connectivity index (χ4n) is 2.51. The quantitative estimate of drug-likeness (QED) is 0.700. The third-order valence-corrected chi connectivity index (χ3v) is 4.90. The molecule has 0 aliphatic rings. The van der Waals surface area contributed by atoms with Crippen molar-refractivity contribution in [1.82, 2.24) is 20.1 Å². The van der Waals surface area contributed by atoms with Crippen LogP contribution in [0.25, 0.3) is 0 Å². The molecule has 2 aromatic rings. The van der Waals surface area contributed by atoms with Crippen LogP contribution in [0.15, 0.2) is 41.8 Å². The predicted octanol–water partition coefficient (Wildman–Crippen LogP) is 2.46. The second-order valence-electron chi connectivity index (χ2n) is 5.88. The van der Waals surface area contributed by atoms with Crippen molar-refractivity contribution in [1.29, 1.82) is 0 Å². The third-order valence-electron chi connectivity index (χ3n) is 3.94. The van der Waals surface area contributed by atoms with E-state index in [1.165, 1.54) is 11.8 Å². The molecule has 0 bridgehead atoms. The van der Waals surface area contributed by atoms with Crippen LogP contribution in [-0.4, -0.2) is 37.5 Å². The van der Waals surface area contributed by atoms with Crippen molar-refractivity contribution in [3.05, 3.63) is 42.2 Å². The molecule has 0 aliphatic carbocycles. The Morgan fingerprint density at radius 1 is 1.32 bits per heavy atom. The fraction of sp³-hybridized carbons (Fsp3) is 0.412. The Morgan fingerprint density at radius 3 is 2.56 bits per heavy atom. The van der Waals surface area contributed by atoms with Crippen molar-refractivity contribution in [2.24, 2.45) is 0 Å². The Bertz CT molecular complexity index is 733. The molecule has 0 saturated carbocycles. The van der Waals surface area contributed by atoms with E-state index in [4.69, 9.17) is 0 Å². The number of carboxylic acids is 1. The Kier molecular flexibility index (Phi) is 6.19. The first kappa shape index (κ1) is 19.0. The van der Waals surface area contributed by atoms with E-state index in [1.807, 2.05) is 24.5 Å². The summed E-state index contributed by atoms with van der Waals surface area (Å²) in [6.45, 7) is 5.73. The number of carbonyl (C=O) groups excluding carboxylic acids is 1.